The van der Waals surface area contributed by atoms with Crippen LogP contribution in [0.5, 0.6) is 0 Å². The number of ketones is 1. The Kier molecular flexibility index (Phi) is 5.41. The lowest BCUT2D eigenvalue weighted by Crippen LogP contribution is -2.22. The molecule has 2 aromatic rings. The Morgan fingerprint density at radius 3 is 2.59 bits per heavy atom. The van der Waals surface area contributed by atoms with E-state index >= 15 is 0 Å². The third kappa shape index (κ3) is 4.48. The predicted molar refractivity (Wildman–Crippen MR) is 90.0 cm³/mol. The van der Waals surface area contributed by atoms with Crippen LogP contribution in [0.4, 0.5) is 11.4 Å². The van der Waals surface area contributed by atoms with Gasteiger partial charge in [-0.1, -0.05) is 35.3 Å². The van der Waals surface area contributed by atoms with Crippen LogP contribution in [0.1, 0.15) is 17.3 Å². The lowest BCUT2D eigenvalue weighted by Gasteiger charge is -2.10. The summed E-state index contributed by atoms with van der Waals surface area (Å²) in [5, 5.41) is 6.64. The van der Waals surface area contributed by atoms with Crippen molar-refractivity contribution < 1.29 is 9.59 Å². The van der Waals surface area contributed by atoms with Gasteiger partial charge in [-0.2, -0.15) is 0 Å². The number of nitrogens with one attached hydrogen (secondary N) is 2. The zero-order valence-corrected chi connectivity index (χ0v) is 13.3. The lowest BCUT2D eigenvalue weighted by molar-refractivity contribution is -0.114. The quantitative estimate of drug-likeness (QED) is 0.802. The topological polar surface area (TPSA) is 58.2 Å². The molecule has 0 aromatic heterocycles. The molecule has 0 saturated heterocycles. The van der Waals surface area contributed by atoms with Crippen molar-refractivity contribution in [1.29, 1.82) is 0 Å². The van der Waals surface area contributed by atoms with Gasteiger partial charge in [0.15, 0.2) is 5.78 Å². The van der Waals surface area contributed by atoms with Gasteiger partial charge in [0.05, 0.1) is 17.3 Å². The Labute approximate surface area is 138 Å². The Morgan fingerprint density at radius 1 is 1.09 bits per heavy atom. The number of carbonyl (C=O) groups is 2. The standard InChI is InChI=1S/C16H14Cl2N2O2/c1-10(21)11-3-2-4-13(7-11)20-16(22)9-19-15-8-12(17)5-6-14(15)18/h2-8,19H,9H2,1H3,(H,20,22). The highest BCUT2D eigenvalue weighted by Gasteiger charge is 2.06. The van der Waals surface area contributed by atoms with Crippen LogP contribution in [-0.4, -0.2) is 18.2 Å². The van der Waals surface area contributed by atoms with E-state index < -0.39 is 0 Å². The number of amides is 1. The van der Waals surface area contributed by atoms with Crippen LogP contribution >= 0.6 is 23.2 Å². The highest BCUT2D eigenvalue weighted by molar-refractivity contribution is 6.35. The molecule has 22 heavy (non-hydrogen) atoms. The molecule has 2 aromatic carbocycles. The van der Waals surface area contributed by atoms with Crippen molar-refractivity contribution in [1.82, 2.24) is 0 Å². The monoisotopic (exact) mass is 336 g/mol. The maximum Gasteiger partial charge on any atom is 0.243 e. The first-order valence-electron chi connectivity index (χ1n) is 6.55. The third-order valence-electron chi connectivity index (χ3n) is 2.92. The van der Waals surface area contributed by atoms with Gasteiger partial charge in [-0.3, -0.25) is 9.59 Å². The molecule has 0 bridgehead atoms. The molecule has 114 valence electrons. The van der Waals surface area contributed by atoms with E-state index in [1.165, 1.54) is 6.92 Å². The molecule has 0 aliphatic carbocycles. The number of hydrogen-bond donors (Lipinski definition) is 2. The fourth-order valence-corrected chi connectivity index (χ4v) is 2.19. The minimum absolute atomic E-state index is 0.0321. The van der Waals surface area contributed by atoms with Crippen molar-refractivity contribution in [2.45, 2.75) is 6.92 Å². The lowest BCUT2D eigenvalue weighted by atomic mass is 10.1. The summed E-state index contributed by atoms with van der Waals surface area (Å²) in [4.78, 5) is 23.2. The average Bonchev–Trinajstić information content (AvgIpc) is 2.48. The van der Waals surface area contributed by atoms with E-state index in [-0.39, 0.29) is 18.2 Å². The maximum absolute atomic E-state index is 11.9. The summed E-state index contributed by atoms with van der Waals surface area (Å²) in [6, 6.07) is 11.7. The van der Waals surface area contributed by atoms with Crippen molar-refractivity contribution >= 4 is 46.3 Å². The molecular weight excluding hydrogens is 323 g/mol. The molecule has 0 heterocycles. The number of rotatable bonds is 5. The van der Waals surface area contributed by atoms with E-state index in [0.29, 0.717) is 27.0 Å². The molecular formula is C16H14Cl2N2O2. The summed E-state index contributed by atoms with van der Waals surface area (Å²) >= 11 is 11.9. The number of carbonyl (C=O) groups excluding carboxylic acids is 2. The normalized spacial score (nSPS) is 10.1. The maximum atomic E-state index is 11.9. The van der Waals surface area contributed by atoms with Crippen LogP contribution < -0.4 is 10.6 Å². The summed E-state index contributed by atoms with van der Waals surface area (Å²) in [7, 11) is 0. The summed E-state index contributed by atoms with van der Waals surface area (Å²) < 4.78 is 0. The number of benzene rings is 2. The van der Waals surface area contributed by atoms with Gasteiger partial charge in [0.2, 0.25) is 5.91 Å². The van der Waals surface area contributed by atoms with Crippen LogP contribution in [0.3, 0.4) is 0 Å². The minimum Gasteiger partial charge on any atom is -0.375 e. The molecule has 0 unspecified atom stereocenters. The van der Waals surface area contributed by atoms with Gasteiger partial charge in [0.1, 0.15) is 0 Å². The zero-order valence-electron chi connectivity index (χ0n) is 11.8. The molecule has 0 aliphatic rings. The number of hydrogen-bond acceptors (Lipinski definition) is 3. The van der Waals surface area contributed by atoms with Crippen LogP contribution in [0, 0.1) is 0 Å². The average molecular weight is 337 g/mol. The highest BCUT2D eigenvalue weighted by Crippen LogP contribution is 2.25. The van der Waals surface area contributed by atoms with E-state index in [1.807, 2.05) is 0 Å². The van der Waals surface area contributed by atoms with E-state index in [4.69, 9.17) is 23.2 Å². The van der Waals surface area contributed by atoms with Crippen molar-refractivity contribution in [3.05, 3.63) is 58.1 Å². The van der Waals surface area contributed by atoms with Gasteiger partial charge < -0.3 is 10.6 Å². The third-order valence-corrected chi connectivity index (χ3v) is 3.49. The van der Waals surface area contributed by atoms with Gasteiger partial charge in [-0.15, -0.1) is 0 Å². The summed E-state index contributed by atoms with van der Waals surface area (Å²) in [6.07, 6.45) is 0. The SMILES string of the molecule is CC(=O)c1cccc(NC(=O)CNc2cc(Cl)ccc2Cl)c1. The molecule has 1 amide bonds. The van der Waals surface area contributed by atoms with Crippen molar-refractivity contribution in [3.63, 3.8) is 0 Å². The molecule has 6 heteroatoms. The fraction of sp³-hybridized carbons (Fsp3) is 0.125. The minimum atomic E-state index is -0.253. The van der Waals surface area contributed by atoms with Crippen LogP contribution in [-0.2, 0) is 4.79 Å². The number of halogens is 2. The second-order valence-corrected chi connectivity index (χ2v) is 5.51. The van der Waals surface area contributed by atoms with E-state index in [0.717, 1.165) is 0 Å². The van der Waals surface area contributed by atoms with E-state index in [1.54, 1.807) is 42.5 Å². The molecule has 0 aliphatic heterocycles. The van der Waals surface area contributed by atoms with Crippen molar-refractivity contribution in [3.8, 4) is 0 Å². The molecule has 4 nitrogen and oxygen atoms in total. The molecule has 2 N–H and O–H groups in total. The largest absolute Gasteiger partial charge is 0.375 e. The Morgan fingerprint density at radius 2 is 1.86 bits per heavy atom. The fourth-order valence-electron chi connectivity index (χ4n) is 1.83. The van der Waals surface area contributed by atoms with Crippen LogP contribution in [0.15, 0.2) is 42.5 Å². The van der Waals surface area contributed by atoms with Crippen LogP contribution in [0.2, 0.25) is 10.0 Å². The van der Waals surface area contributed by atoms with Gasteiger partial charge in [0, 0.05) is 16.3 Å². The predicted octanol–water partition coefficient (Wildman–Crippen LogP) is 4.25. The zero-order chi connectivity index (χ0) is 16.1. The molecule has 0 atom stereocenters. The Balaban J connectivity index is 1.97. The number of anilines is 2. The second-order valence-electron chi connectivity index (χ2n) is 4.66. The van der Waals surface area contributed by atoms with Crippen molar-refractivity contribution in [2.24, 2.45) is 0 Å². The second kappa shape index (κ2) is 7.29. The van der Waals surface area contributed by atoms with E-state index in [9.17, 15) is 9.59 Å². The number of Topliss-reactive ketones (excluding diaryl/α,β-unsaturated/α-hetero) is 1. The highest BCUT2D eigenvalue weighted by atomic mass is 35.5. The molecule has 0 radical (unpaired) electrons. The summed E-state index contributed by atoms with van der Waals surface area (Å²) in [6.45, 7) is 1.51. The van der Waals surface area contributed by atoms with Gasteiger partial charge >= 0.3 is 0 Å². The van der Waals surface area contributed by atoms with Crippen LogP contribution in [0.25, 0.3) is 0 Å². The Hall–Kier alpha value is -2.04. The Bertz CT molecular complexity index is 717. The summed E-state index contributed by atoms with van der Waals surface area (Å²) in [5.74, 6) is -0.309. The van der Waals surface area contributed by atoms with Gasteiger partial charge in [0.25, 0.3) is 0 Å². The first kappa shape index (κ1) is 16.3. The first-order chi connectivity index (χ1) is 10.5. The molecule has 0 fully saturated rings. The summed E-state index contributed by atoms with van der Waals surface area (Å²) in [5.41, 5.74) is 1.70. The molecule has 0 saturated carbocycles. The van der Waals surface area contributed by atoms with Gasteiger partial charge in [-0.05, 0) is 37.3 Å². The molecule has 2 rings (SSSR count). The smallest absolute Gasteiger partial charge is 0.243 e. The first-order valence-corrected chi connectivity index (χ1v) is 7.31. The van der Waals surface area contributed by atoms with Gasteiger partial charge in [-0.25, -0.2) is 0 Å². The van der Waals surface area contributed by atoms with Crippen molar-refractivity contribution in [2.75, 3.05) is 17.2 Å². The molecule has 0 spiro atoms. The van der Waals surface area contributed by atoms with E-state index in [2.05, 4.69) is 10.6 Å².